The largest absolute Gasteiger partial charge is 0.484 e. The van der Waals surface area contributed by atoms with Gasteiger partial charge < -0.3 is 10.1 Å². The van der Waals surface area contributed by atoms with Crippen LogP contribution in [-0.4, -0.2) is 35.2 Å². The number of carbonyl (C=O) groups excluding carboxylic acids is 2. The molecule has 1 saturated carbocycles. The number of carbonyl (C=O) groups is 2. The van der Waals surface area contributed by atoms with Gasteiger partial charge in [0.2, 0.25) is 0 Å². The highest BCUT2D eigenvalue weighted by Crippen LogP contribution is 2.42. The first kappa shape index (κ1) is 19.5. The van der Waals surface area contributed by atoms with Crippen LogP contribution in [0.4, 0.5) is 18.0 Å². The van der Waals surface area contributed by atoms with Gasteiger partial charge >= 0.3 is 12.2 Å². The Labute approximate surface area is 155 Å². The van der Waals surface area contributed by atoms with Gasteiger partial charge in [0.15, 0.2) is 6.61 Å². The lowest BCUT2D eigenvalue weighted by Gasteiger charge is -2.42. The van der Waals surface area contributed by atoms with E-state index in [1.807, 2.05) is 13.8 Å². The zero-order chi connectivity index (χ0) is 19.8. The first-order valence-corrected chi connectivity index (χ1v) is 9.06. The maximum Gasteiger partial charge on any atom is 0.422 e. The number of nitrogens with one attached hydrogen (secondary N) is 1. The third-order valence-electron chi connectivity index (χ3n) is 5.63. The summed E-state index contributed by atoms with van der Waals surface area (Å²) in [6, 6.07) is 5.57. The van der Waals surface area contributed by atoms with Crippen LogP contribution in [-0.2, 0) is 11.3 Å². The standard InChI is InChI=1S/C19H23F3N2O3/c1-12-5-3-6-13(2)19(12)16(25)24(17(26)23-19)10-14-7-4-8-15(9-14)27-11-18(20,21)22/h4,7-9,12-13H,3,5-6,10-11H2,1-2H3,(H,23,26)/t12-,13+,19?. The van der Waals surface area contributed by atoms with Crippen molar-refractivity contribution in [3.05, 3.63) is 29.8 Å². The molecular weight excluding hydrogens is 361 g/mol. The molecule has 1 aliphatic carbocycles. The lowest BCUT2D eigenvalue weighted by molar-refractivity contribution is -0.153. The molecule has 2 fully saturated rings. The highest BCUT2D eigenvalue weighted by atomic mass is 19.4. The van der Waals surface area contributed by atoms with Crippen LogP contribution in [0, 0.1) is 11.8 Å². The van der Waals surface area contributed by atoms with E-state index in [0.29, 0.717) is 5.56 Å². The number of nitrogens with zero attached hydrogens (tertiary/aromatic N) is 1. The first-order chi connectivity index (χ1) is 12.6. The normalized spacial score (nSPS) is 28.6. The molecule has 1 saturated heterocycles. The first-order valence-electron chi connectivity index (χ1n) is 9.06. The molecule has 2 aliphatic rings. The van der Waals surface area contributed by atoms with Crippen molar-refractivity contribution in [1.82, 2.24) is 10.2 Å². The van der Waals surface area contributed by atoms with Crippen LogP contribution >= 0.6 is 0 Å². The highest BCUT2D eigenvalue weighted by molar-refractivity contribution is 6.07. The van der Waals surface area contributed by atoms with E-state index in [1.54, 1.807) is 12.1 Å². The van der Waals surface area contributed by atoms with Gasteiger partial charge in [-0.15, -0.1) is 0 Å². The summed E-state index contributed by atoms with van der Waals surface area (Å²) in [5.74, 6) is -0.145. The average Bonchev–Trinajstić information content (AvgIpc) is 2.84. The molecule has 1 heterocycles. The van der Waals surface area contributed by atoms with Crippen molar-refractivity contribution in [3.8, 4) is 5.75 Å². The van der Waals surface area contributed by atoms with Gasteiger partial charge in [-0.05, 0) is 42.4 Å². The smallest absolute Gasteiger partial charge is 0.422 e. The summed E-state index contributed by atoms with van der Waals surface area (Å²) in [6.07, 6.45) is -1.68. The second-order valence-corrected chi connectivity index (χ2v) is 7.47. The van der Waals surface area contributed by atoms with Gasteiger partial charge in [-0.1, -0.05) is 32.4 Å². The zero-order valence-electron chi connectivity index (χ0n) is 15.3. The Morgan fingerprint density at radius 1 is 1.22 bits per heavy atom. The molecule has 0 aromatic heterocycles. The number of rotatable bonds is 4. The molecule has 3 atom stereocenters. The lowest BCUT2D eigenvalue weighted by Crippen LogP contribution is -2.58. The SMILES string of the molecule is C[C@@H]1CCC[C@H](C)C12NC(=O)N(Cc1cccc(OCC(F)(F)F)c1)C2=O. The van der Waals surface area contributed by atoms with E-state index in [9.17, 15) is 22.8 Å². The Morgan fingerprint density at radius 2 is 1.89 bits per heavy atom. The van der Waals surface area contributed by atoms with Crippen LogP contribution in [0.2, 0.25) is 0 Å². The van der Waals surface area contributed by atoms with Crippen LogP contribution in [0.15, 0.2) is 24.3 Å². The summed E-state index contributed by atoms with van der Waals surface area (Å²) < 4.78 is 41.7. The molecule has 148 valence electrons. The fourth-order valence-corrected chi connectivity index (χ4v) is 4.18. The Bertz CT molecular complexity index is 725. The quantitative estimate of drug-likeness (QED) is 0.802. The summed E-state index contributed by atoms with van der Waals surface area (Å²) in [5, 5.41) is 2.91. The number of ether oxygens (including phenoxy) is 1. The monoisotopic (exact) mass is 384 g/mol. The second-order valence-electron chi connectivity index (χ2n) is 7.47. The minimum atomic E-state index is -4.43. The summed E-state index contributed by atoms with van der Waals surface area (Å²) >= 11 is 0. The fourth-order valence-electron chi connectivity index (χ4n) is 4.18. The van der Waals surface area contributed by atoms with Crippen molar-refractivity contribution < 1.29 is 27.5 Å². The minimum Gasteiger partial charge on any atom is -0.484 e. The number of halogens is 3. The molecule has 0 radical (unpaired) electrons. The summed E-state index contributed by atoms with van der Waals surface area (Å²) in [5.41, 5.74) is -0.356. The maximum atomic E-state index is 13.1. The Morgan fingerprint density at radius 3 is 2.52 bits per heavy atom. The topological polar surface area (TPSA) is 58.6 Å². The van der Waals surface area contributed by atoms with Gasteiger partial charge in [-0.25, -0.2) is 4.79 Å². The Hall–Kier alpha value is -2.25. The summed E-state index contributed by atoms with van der Waals surface area (Å²) in [4.78, 5) is 26.8. The molecule has 3 amide bonds. The Balaban J connectivity index is 1.76. The number of alkyl halides is 3. The number of amides is 3. The molecule has 1 aromatic rings. The maximum absolute atomic E-state index is 13.1. The molecule has 1 aliphatic heterocycles. The molecular formula is C19H23F3N2O3. The van der Waals surface area contributed by atoms with E-state index in [2.05, 4.69) is 5.32 Å². The molecule has 1 N–H and O–H groups in total. The van der Waals surface area contributed by atoms with Gasteiger partial charge in [-0.3, -0.25) is 9.69 Å². The fraction of sp³-hybridized carbons (Fsp3) is 0.579. The lowest BCUT2D eigenvalue weighted by atomic mass is 9.67. The van der Waals surface area contributed by atoms with Gasteiger partial charge in [-0.2, -0.15) is 13.2 Å². The van der Waals surface area contributed by atoms with E-state index in [0.717, 1.165) is 24.2 Å². The molecule has 3 rings (SSSR count). The number of urea groups is 1. The number of benzene rings is 1. The van der Waals surface area contributed by atoms with E-state index >= 15 is 0 Å². The van der Waals surface area contributed by atoms with Crippen LogP contribution in [0.5, 0.6) is 5.75 Å². The molecule has 1 unspecified atom stereocenters. The summed E-state index contributed by atoms with van der Waals surface area (Å²) in [7, 11) is 0. The van der Waals surface area contributed by atoms with Crippen LogP contribution in [0.1, 0.15) is 38.7 Å². The predicted octanol–water partition coefficient (Wildman–Crippen LogP) is 3.87. The van der Waals surface area contributed by atoms with Crippen molar-refractivity contribution in [2.24, 2.45) is 11.8 Å². The number of hydrogen-bond acceptors (Lipinski definition) is 3. The third kappa shape index (κ3) is 3.75. The van der Waals surface area contributed by atoms with Crippen molar-refractivity contribution in [2.45, 2.75) is 51.4 Å². The Kier molecular flexibility index (Phi) is 5.10. The van der Waals surface area contributed by atoms with Gasteiger partial charge in [0.1, 0.15) is 11.3 Å². The van der Waals surface area contributed by atoms with E-state index in [4.69, 9.17) is 4.74 Å². The predicted molar refractivity (Wildman–Crippen MR) is 92.0 cm³/mol. The third-order valence-corrected chi connectivity index (χ3v) is 5.63. The van der Waals surface area contributed by atoms with Crippen LogP contribution in [0.25, 0.3) is 0 Å². The van der Waals surface area contributed by atoms with Crippen LogP contribution < -0.4 is 10.1 Å². The summed E-state index contributed by atoms with van der Waals surface area (Å²) in [6.45, 7) is 2.55. The molecule has 1 spiro atoms. The zero-order valence-corrected chi connectivity index (χ0v) is 15.3. The van der Waals surface area contributed by atoms with Crippen molar-refractivity contribution in [2.75, 3.05) is 6.61 Å². The molecule has 1 aromatic carbocycles. The highest BCUT2D eigenvalue weighted by Gasteiger charge is 2.58. The molecule has 8 heteroatoms. The molecule has 5 nitrogen and oxygen atoms in total. The number of imide groups is 1. The molecule has 27 heavy (non-hydrogen) atoms. The molecule has 0 bridgehead atoms. The van der Waals surface area contributed by atoms with Crippen molar-refractivity contribution in [1.29, 1.82) is 0 Å². The van der Waals surface area contributed by atoms with Crippen molar-refractivity contribution >= 4 is 11.9 Å². The number of hydrogen-bond donors (Lipinski definition) is 1. The van der Waals surface area contributed by atoms with Gasteiger partial charge in [0.05, 0.1) is 6.54 Å². The van der Waals surface area contributed by atoms with E-state index in [-0.39, 0.29) is 30.0 Å². The van der Waals surface area contributed by atoms with E-state index in [1.165, 1.54) is 12.1 Å². The average molecular weight is 384 g/mol. The van der Waals surface area contributed by atoms with Crippen LogP contribution in [0.3, 0.4) is 0 Å². The minimum absolute atomic E-state index is 0.00489. The second kappa shape index (κ2) is 7.05. The van der Waals surface area contributed by atoms with Gasteiger partial charge in [0.25, 0.3) is 5.91 Å². The van der Waals surface area contributed by atoms with Crippen molar-refractivity contribution in [3.63, 3.8) is 0 Å². The van der Waals surface area contributed by atoms with Gasteiger partial charge in [0, 0.05) is 0 Å². The van der Waals surface area contributed by atoms with E-state index < -0.39 is 24.4 Å².